The molecule has 7 heteroatoms. The van der Waals surface area contributed by atoms with Crippen LogP contribution in [-0.2, 0) is 6.42 Å². The Bertz CT molecular complexity index is 916. The Morgan fingerprint density at radius 1 is 1.23 bits per heavy atom. The summed E-state index contributed by atoms with van der Waals surface area (Å²) in [6, 6.07) is 9.20. The van der Waals surface area contributed by atoms with Crippen LogP contribution >= 0.6 is 0 Å². The third-order valence-electron chi connectivity index (χ3n) is 4.64. The van der Waals surface area contributed by atoms with Crippen LogP contribution in [0, 0.1) is 5.82 Å². The lowest BCUT2D eigenvalue weighted by Crippen LogP contribution is -2.30. The fraction of sp³-hybridized carbons (Fsp3) is 0.316. The highest BCUT2D eigenvalue weighted by Crippen LogP contribution is 2.34. The summed E-state index contributed by atoms with van der Waals surface area (Å²) in [4.78, 5) is 14.6. The summed E-state index contributed by atoms with van der Waals surface area (Å²) in [6.07, 6.45) is 2.50. The van der Waals surface area contributed by atoms with E-state index >= 15 is 0 Å². The van der Waals surface area contributed by atoms with E-state index in [9.17, 15) is 9.18 Å². The second kappa shape index (κ2) is 6.74. The molecule has 1 amide bonds. The van der Waals surface area contributed by atoms with E-state index in [1.165, 1.54) is 12.1 Å². The molecule has 1 atom stereocenters. The molecular formula is C19H18FN3O3. The van der Waals surface area contributed by atoms with Gasteiger partial charge in [0.05, 0.1) is 11.7 Å². The van der Waals surface area contributed by atoms with Crippen molar-refractivity contribution >= 4 is 5.91 Å². The maximum Gasteiger partial charge on any atom is 0.276 e. The molecule has 3 heterocycles. The van der Waals surface area contributed by atoms with Gasteiger partial charge in [0, 0.05) is 24.2 Å². The number of benzene rings is 1. The number of likely N-dealkylation sites (tertiary alicyclic amines) is 1. The van der Waals surface area contributed by atoms with Crippen molar-refractivity contribution in [1.82, 2.24) is 15.2 Å². The fourth-order valence-electron chi connectivity index (χ4n) is 3.23. The second-order valence-electron chi connectivity index (χ2n) is 6.31. The average Bonchev–Trinajstić information content (AvgIpc) is 3.40. The number of halogens is 1. The van der Waals surface area contributed by atoms with Crippen LogP contribution in [0.2, 0.25) is 0 Å². The number of hydrogen-bond acceptors (Lipinski definition) is 5. The zero-order valence-corrected chi connectivity index (χ0v) is 14.3. The molecule has 1 aliphatic rings. The van der Waals surface area contributed by atoms with E-state index < -0.39 is 0 Å². The number of hydrogen-bond donors (Lipinski definition) is 0. The van der Waals surface area contributed by atoms with Crippen molar-refractivity contribution in [3.05, 3.63) is 59.4 Å². The van der Waals surface area contributed by atoms with Gasteiger partial charge < -0.3 is 13.9 Å². The van der Waals surface area contributed by atoms with Crippen LogP contribution < -0.4 is 0 Å². The van der Waals surface area contributed by atoms with Crippen molar-refractivity contribution in [2.45, 2.75) is 32.2 Å². The summed E-state index contributed by atoms with van der Waals surface area (Å²) >= 11 is 0. The highest BCUT2D eigenvalue weighted by Gasteiger charge is 2.34. The summed E-state index contributed by atoms with van der Waals surface area (Å²) in [6.45, 7) is 2.63. The van der Waals surface area contributed by atoms with Crippen LogP contribution in [0.25, 0.3) is 11.3 Å². The Morgan fingerprint density at radius 3 is 2.77 bits per heavy atom. The molecule has 26 heavy (non-hydrogen) atoms. The molecule has 3 aromatic rings. The van der Waals surface area contributed by atoms with Crippen LogP contribution in [0.4, 0.5) is 4.39 Å². The van der Waals surface area contributed by atoms with Crippen molar-refractivity contribution < 1.29 is 18.2 Å². The molecule has 4 rings (SSSR count). The lowest BCUT2D eigenvalue weighted by atomic mass is 10.1. The van der Waals surface area contributed by atoms with Gasteiger partial charge in [0.2, 0.25) is 0 Å². The molecule has 1 fully saturated rings. The Morgan fingerprint density at radius 2 is 2.04 bits per heavy atom. The van der Waals surface area contributed by atoms with Gasteiger partial charge >= 0.3 is 0 Å². The highest BCUT2D eigenvalue weighted by molar-refractivity contribution is 5.93. The monoisotopic (exact) mass is 355 g/mol. The molecule has 2 aromatic heterocycles. The van der Waals surface area contributed by atoms with Crippen molar-refractivity contribution in [3.63, 3.8) is 0 Å². The van der Waals surface area contributed by atoms with Gasteiger partial charge in [-0.3, -0.25) is 4.79 Å². The first kappa shape index (κ1) is 16.5. The highest BCUT2D eigenvalue weighted by atomic mass is 19.1. The van der Waals surface area contributed by atoms with E-state index in [0.29, 0.717) is 23.6 Å². The van der Waals surface area contributed by atoms with Crippen molar-refractivity contribution in [3.8, 4) is 11.3 Å². The lowest BCUT2D eigenvalue weighted by Gasteiger charge is -2.21. The molecule has 0 bridgehead atoms. The number of aryl methyl sites for hydroxylation is 1. The van der Waals surface area contributed by atoms with Gasteiger partial charge in [-0.25, -0.2) is 4.39 Å². The summed E-state index contributed by atoms with van der Waals surface area (Å²) in [5, 5.41) is 7.92. The van der Waals surface area contributed by atoms with Gasteiger partial charge in [0.25, 0.3) is 5.91 Å². The normalized spacial score (nSPS) is 17.0. The molecule has 1 aromatic carbocycles. The van der Waals surface area contributed by atoms with E-state index in [-0.39, 0.29) is 23.5 Å². The molecule has 134 valence electrons. The topological polar surface area (TPSA) is 72.4 Å². The summed E-state index contributed by atoms with van der Waals surface area (Å²) in [5.74, 6) is 0.592. The Balaban J connectivity index is 1.56. The molecule has 6 nitrogen and oxygen atoms in total. The molecule has 1 aliphatic heterocycles. The maximum absolute atomic E-state index is 13.1. The van der Waals surface area contributed by atoms with Crippen molar-refractivity contribution in [2.24, 2.45) is 0 Å². The Labute approximate surface area is 149 Å². The minimum Gasteiger partial charge on any atom is -0.359 e. The summed E-state index contributed by atoms with van der Waals surface area (Å²) in [5.41, 5.74) is 1.77. The number of amides is 1. The van der Waals surface area contributed by atoms with E-state index in [4.69, 9.17) is 9.05 Å². The molecule has 0 unspecified atom stereocenters. The number of carbonyl (C=O) groups excluding carboxylic acids is 1. The molecule has 0 radical (unpaired) electrons. The smallest absolute Gasteiger partial charge is 0.276 e. The standard InChI is InChI=1S/C19H18FN3O3/c1-2-14-10-18(26-21-14)16-4-3-9-23(16)19(24)15-11-17(25-22-15)12-5-7-13(20)8-6-12/h5-8,10-11,16H,2-4,9H2,1H3/t16-/m1/s1. The quantitative estimate of drug-likeness (QED) is 0.707. The van der Waals surface area contributed by atoms with E-state index in [2.05, 4.69) is 10.3 Å². The third kappa shape index (κ3) is 3.00. The van der Waals surface area contributed by atoms with Gasteiger partial charge in [-0.05, 0) is 43.5 Å². The Hall–Kier alpha value is -2.96. The van der Waals surface area contributed by atoms with Crippen LogP contribution in [0.3, 0.4) is 0 Å². The van der Waals surface area contributed by atoms with E-state index in [1.807, 2.05) is 13.0 Å². The SMILES string of the molecule is CCc1cc([C@H]2CCCN2C(=O)c2cc(-c3ccc(F)cc3)on2)on1. The summed E-state index contributed by atoms with van der Waals surface area (Å²) < 4.78 is 23.7. The fourth-order valence-corrected chi connectivity index (χ4v) is 3.23. The van der Waals surface area contributed by atoms with Gasteiger partial charge in [0.1, 0.15) is 5.82 Å². The van der Waals surface area contributed by atoms with Gasteiger partial charge in [0.15, 0.2) is 17.2 Å². The molecule has 0 N–H and O–H groups in total. The largest absolute Gasteiger partial charge is 0.359 e. The first-order chi connectivity index (χ1) is 12.7. The Kier molecular flexibility index (Phi) is 4.28. The van der Waals surface area contributed by atoms with Crippen molar-refractivity contribution in [1.29, 1.82) is 0 Å². The first-order valence-electron chi connectivity index (χ1n) is 8.65. The zero-order valence-electron chi connectivity index (χ0n) is 14.3. The number of nitrogens with zero attached hydrogens (tertiary/aromatic N) is 3. The van der Waals surface area contributed by atoms with E-state index in [1.54, 1.807) is 23.1 Å². The molecule has 1 saturated heterocycles. The third-order valence-corrected chi connectivity index (χ3v) is 4.64. The van der Waals surface area contributed by atoms with Crippen LogP contribution in [0.15, 0.2) is 45.4 Å². The zero-order chi connectivity index (χ0) is 18.1. The first-order valence-corrected chi connectivity index (χ1v) is 8.65. The van der Waals surface area contributed by atoms with Crippen LogP contribution in [0.5, 0.6) is 0 Å². The minimum atomic E-state index is -0.331. The molecule has 0 aliphatic carbocycles. The second-order valence-corrected chi connectivity index (χ2v) is 6.31. The van der Waals surface area contributed by atoms with Crippen LogP contribution in [0.1, 0.15) is 47.7 Å². The lowest BCUT2D eigenvalue weighted by molar-refractivity contribution is 0.0704. The molecule has 0 saturated carbocycles. The van der Waals surface area contributed by atoms with Gasteiger partial charge in [-0.2, -0.15) is 0 Å². The van der Waals surface area contributed by atoms with Crippen LogP contribution in [-0.4, -0.2) is 27.7 Å². The number of rotatable bonds is 4. The van der Waals surface area contributed by atoms with E-state index in [0.717, 1.165) is 25.0 Å². The minimum absolute atomic E-state index is 0.138. The predicted octanol–water partition coefficient (Wildman–Crippen LogP) is 4.01. The summed E-state index contributed by atoms with van der Waals surface area (Å²) in [7, 11) is 0. The average molecular weight is 355 g/mol. The predicted molar refractivity (Wildman–Crippen MR) is 90.8 cm³/mol. The number of carbonyl (C=O) groups is 1. The van der Waals surface area contributed by atoms with Gasteiger partial charge in [-0.1, -0.05) is 17.2 Å². The number of aromatic nitrogens is 2. The van der Waals surface area contributed by atoms with Gasteiger partial charge in [-0.15, -0.1) is 0 Å². The van der Waals surface area contributed by atoms with Crippen molar-refractivity contribution in [2.75, 3.05) is 6.54 Å². The molecular weight excluding hydrogens is 337 g/mol. The maximum atomic E-state index is 13.1. The molecule has 0 spiro atoms.